The van der Waals surface area contributed by atoms with Crippen molar-refractivity contribution < 1.29 is 19.2 Å². The van der Waals surface area contributed by atoms with Crippen molar-refractivity contribution in [2.75, 3.05) is 0 Å². The highest BCUT2D eigenvalue weighted by Gasteiger charge is 2.22. The summed E-state index contributed by atoms with van der Waals surface area (Å²) in [5, 5.41) is 20.7. The molecule has 6 heteroatoms. The Labute approximate surface area is 120 Å². The normalized spacial score (nSPS) is 12.0. The molecule has 21 heavy (non-hydrogen) atoms. The molecule has 0 fully saturated rings. The summed E-state index contributed by atoms with van der Waals surface area (Å²) in [6, 6.07) is 8.56. The Morgan fingerprint density at radius 2 is 1.90 bits per heavy atom. The van der Waals surface area contributed by atoms with Gasteiger partial charge in [-0.15, -0.1) is 0 Å². The number of ether oxygens (including phenoxy) is 1. The number of hydrogen-bond acceptors (Lipinski definition) is 4. The highest BCUT2D eigenvalue weighted by molar-refractivity contribution is 5.54. The Hall–Kier alpha value is -2.47. The maximum atomic E-state index is 14.0. The van der Waals surface area contributed by atoms with Gasteiger partial charge < -0.3 is 9.84 Å². The number of para-hydroxylation sites is 2. The van der Waals surface area contributed by atoms with E-state index in [-0.39, 0.29) is 22.7 Å². The number of aryl methyl sites for hydroxylation is 1. The van der Waals surface area contributed by atoms with Crippen LogP contribution in [0.5, 0.6) is 11.5 Å². The van der Waals surface area contributed by atoms with E-state index in [1.165, 1.54) is 37.3 Å². The van der Waals surface area contributed by atoms with E-state index < -0.39 is 16.8 Å². The SMILES string of the molecule is Cc1cccc([N+](=O)[O-])c1Oc1c(F)cccc1[C@H](C)O. The highest BCUT2D eigenvalue weighted by Crippen LogP contribution is 2.38. The molecule has 0 spiro atoms. The van der Waals surface area contributed by atoms with Crippen LogP contribution < -0.4 is 4.74 Å². The number of aliphatic hydroxyl groups is 1. The molecule has 0 unspecified atom stereocenters. The van der Waals surface area contributed by atoms with E-state index in [1.54, 1.807) is 13.0 Å². The van der Waals surface area contributed by atoms with E-state index in [2.05, 4.69) is 0 Å². The van der Waals surface area contributed by atoms with Crippen molar-refractivity contribution in [2.24, 2.45) is 0 Å². The van der Waals surface area contributed by atoms with Gasteiger partial charge in [-0.2, -0.15) is 0 Å². The van der Waals surface area contributed by atoms with Gasteiger partial charge in [0, 0.05) is 11.6 Å². The van der Waals surface area contributed by atoms with E-state index in [1.807, 2.05) is 0 Å². The van der Waals surface area contributed by atoms with Crippen molar-refractivity contribution in [1.82, 2.24) is 0 Å². The molecule has 0 amide bonds. The first-order valence-corrected chi connectivity index (χ1v) is 6.30. The highest BCUT2D eigenvalue weighted by atomic mass is 19.1. The van der Waals surface area contributed by atoms with Gasteiger partial charge in [-0.1, -0.05) is 24.3 Å². The summed E-state index contributed by atoms with van der Waals surface area (Å²) in [6.07, 6.45) is -0.959. The van der Waals surface area contributed by atoms with Gasteiger partial charge in [0.05, 0.1) is 11.0 Å². The van der Waals surface area contributed by atoms with E-state index in [0.29, 0.717) is 5.56 Å². The zero-order chi connectivity index (χ0) is 15.6. The Morgan fingerprint density at radius 3 is 2.52 bits per heavy atom. The zero-order valence-electron chi connectivity index (χ0n) is 11.5. The van der Waals surface area contributed by atoms with E-state index in [9.17, 15) is 19.6 Å². The predicted octanol–water partition coefficient (Wildman–Crippen LogP) is 3.89. The van der Waals surface area contributed by atoms with Gasteiger partial charge in [0.2, 0.25) is 5.75 Å². The van der Waals surface area contributed by atoms with Crippen LogP contribution >= 0.6 is 0 Å². The average Bonchev–Trinajstić information content (AvgIpc) is 2.42. The lowest BCUT2D eigenvalue weighted by atomic mass is 10.1. The second-order valence-electron chi connectivity index (χ2n) is 4.62. The lowest BCUT2D eigenvalue weighted by molar-refractivity contribution is -0.385. The van der Waals surface area contributed by atoms with Crippen LogP contribution in [-0.4, -0.2) is 10.0 Å². The average molecular weight is 291 g/mol. The molecular weight excluding hydrogens is 277 g/mol. The largest absolute Gasteiger partial charge is 0.446 e. The fourth-order valence-electron chi connectivity index (χ4n) is 1.98. The fourth-order valence-corrected chi connectivity index (χ4v) is 1.98. The van der Waals surface area contributed by atoms with Gasteiger partial charge in [-0.3, -0.25) is 10.1 Å². The molecule has 0 heterocycles. The first-order chi connectivity index (χ1) is 9.91. The van der Waals surface area contributed by atoms with Gasteiger partial charge in [0.15, 0.2) is 11.6 Å². The number of nitrogens with zero attached hydrogens (tertiary/aromatic N) is 1. The second-order valence-corrected chi connectivity index (χ2v) is 4.62. The molecule has 0 aliphatic heterocycles. The molecule has 0 saturated carbocycles. The Bertz CT molecular complexity index is 685. The Kier molecular flexibility index (Phi) is 4.18. The third-order valence-corrected chi connectivity index (χ3v) is 3.04. The van der Waals surface area contributed by atoms with Gasteiger partial charge in [-0.25, -0.2) is 4.39 Å². The molecule has 0 bridgehead atoms. The quantitative estimate of drug-likeness (QED) is 0.685. The summed E-state index contributed by atoms with van der Waals surface area (Å²) >= 11 is 0. The van der Waals surface area contributed by atoms with Crippen LogP contribution in [0.25, 0.3) is 0 Å². The van der Waals surface area contributed by atoms with E-state index in [0.717, 1.165) is 0 Å². The number of benzene rings is 2. The van der Waals surface area contributed by atoms with Gasteiger partial charge in [0.25, 0.3) is 0 Å². The molecule has 0 aliphatic carbocycles. The fraction of sp³-hybridized carbons (Fsp3) is 0.200. The van der Waals surface area contributed by atoms with Crippen molar-refractivity contribution in [3.63, 3.8) is 0 Å². The van der Waals surface area contributed by atoms with E-state index in [4.69, 9.17) is 4.74 Å². The number of rotatable bonds is 4. The predicted molar refractivity (Wildman–Crippen MR) is 74.9 cm³/mol. The van der Waals surface area contributed by atoms with Gasteiger partial charge in [-0.05, 0) is 25.5 Å². The molecule has 2 aromatic carbocycles. The van der Waals surface area contributed by atoms with Crippen LogP contribution in [0.2, 0.25) is 0 Å². The minimum absolute atomic E-state index is 0.0329. The minimum Gasteiger partial charge on any atom is -0.446 e. The van der Waals surface area contributed by atoms with Crippen molar-refractivity contribution in [2.45, 2.75) is 20.0 Å². The molecule has 2 rings (SSSR count). The molecule has 0 radical (unpaired) electrons. The van der Waals surface area contributed by atoms with Crippen molar-refractivity contribution in [1.29, 1.82) is 0 Å². The first kappa shape index (κ1) is 14.9. The summed E-state index contributed by atoms with van der Waals surface area (Å²) in [5.74, 6) is -0.926. The maximum absolute atomic E-state index is 14.0. The number of halogens is 1. The van der Waals surface area contributed by atoms with Crippen molar-refractivity contribution in [3.8, 4) is 11.5 Å². The lowest BCUT2D eigenvalue weighted by Gasteiger charge is -2.15. The topological polar surface area (TPSA) is 72.6 Å². The molecule has 0 aromatic heterocycles. The summed E-state index contributed by atoms with van der Waals surface area (Å²) in [4.78, 5) is 10.5. The molecule has 0 aliphatic rings. The summed E-state index contributed by atoms with van der Waals surface area (Å²) < 4.78 is 19.4. The minimum atomic E-state index is -0.959. The van der Waals surface area contributed by atoms with Crippen LogP contribution in [0.15, 0.2) is 36.4 Å². The number of hydrogen-bond donors (Lipinski definition) is 1. The smallest absolute Gasteiger partial charge is 0.311 e. The van der Waals surface area contributed by atoms with Crippen molar-refractivity contribution >= 4 is 5.69 Å². The van der Waals surface area contributed by atoms with Crippen LogP contribution in [-0.2, 0) is 0 Å². The molecule has 2 aromatic rings. The van der Waals surface area contributed by atoms with Crippen LogP contribution in [0, 0.1) is 22.9 Å². The Balaban J connectivity index is 2.56. The number of nitro benzene ring substituents is 1. The van der Waals surface area contributed by atoms with Gasteiger partial charge >= 0.3 is 5.69 Å². The van der Waals surface area contributed by atoms with Crippen LogP contribution in [0.1, 0.15) is 24.2 Å². The molecule has 1 atom stereocenters. The number of aliphatic hydroxyl groups excluding tert-OH is 1. The summed E-state index contributed by atoms with van der Waals surface area (Å²) in [7, 11) is 0. The van der Waals surface area contributed by atoms with E-state index >= 15 is 0 Å². The van der Waals surface area contributed by atoms with Crippen LogP contribution in [0.4, 0.5) is 10.1 Å². The third-order valence-electron chi connectivity index (χ3n) is 3.04. The molecular formula is C15H14FNO4. The molecule has 1 N–H and O–H groups in total. The monoisotopic (exact) mass is 291 g/mol. The standard InChI is InChI=1S/C15H14FNO4/c1-9-5-3-8-13(17(19)20)14(9)21-15-11(10(2)18)6-4-7-12(15)16/h3-8,10,18H,1-2H3/t10-/m0/s1. The maximum Gasteiger partial charge on any atom is 0.311 e. The molecule has 0 saturated heterocycles. The summed E-state index contributed by atoms with van der Waals surface area (Å²) in [6.45, 7) is 3.10. The third kappa shape index (κ3) is 3.00. The summed E-state index contributed by atoms with van der Waals surface area (Å²) in [5.41, 5.74) is 0.478. The Morgan fingerprint density at radius 1 is 1.24 bits per heavy atom. The van der Waals surface area contributed by atoms with Crippen LogP contribution in [0.3, 0.4) is 0 Å². The van der Waals surface area contributed by atoms with Crippen molar-refractivity contribution in [3.05, 3.63) is 63.5 Å². The first-order valence-electron chi connectivity index (χ1n) is 6.30. The molecule has 5 nitrogen and oxygen atoms in total. The lowest BCUT2D eigenvalue weighted by Crippen LogP contribution is -2.01. The number of nitro groups is 1. The van der Waals surface area contributed by atoms with Gasteiger partial charge in [0.1, 0.15) is 0 Å². The second kappa shape index (κ2) is 5.88. The molecule has 110 valence electrons. The zero-order valence-corrected chi connectivity index (χ0v) is 11.5.